The second-order valence-electron chi connectivity index (χ2n) is 2.73. The zero-order valence-electron chi connectivity index (χ0n) is 7.37. The van der Waals surface area contributed by atoms with Crippen molar-refractivity contribution >= 4 is 11.6 Å². The highest BCUT2D eigenvalue weighted by atomic mass is 16.3. The zero-order chi connectivity index (χ0) is 9.84. The van der Waals surface area contributed by atoms with Gasteiger partial charge in [-0.3, -0.25) is 4.79 Å². The van der Waals surface area contributed by atoms with Crippen molar-refractivity contribution in [2.75, 3.05) is 5.32 Å². The molecule has 0 aliphatic carbocycles. The minimum absolute atomic E-state index is 0.145. The molecule has 0 saturated heterocycles. The van der Waals surface area contributed by atoms with Gasteiger partial charge in [-0.25, -0.2) is 0 Å². The summed E-state index contributed by atoms with van der Waals surface area (Å²) in [7, 11) is 0. The summed E-state index contributed by atoms with van der Waals surface area (Å²) in [5.41, 5.74) is 6.64. The van der Waals surface area contributed by atoms with Gasteiger partial charge in [0.25, 0.3) is 0 Å². The van der Waals surface area contributed by atoms with E-state index in [9.17, 15) is 9.90 Å². The third-order valence-electron chi connectivity index (χ3n) is 1.62. The molecule has 0 atom stereocenters. The summed E-state index contributed by atoms with van der Waals surface area (Å²) in [5, 5.41) is 11.9. The quantitative estimate of drug-likeness (QED) is 0.589. The van der Waals surface area contributed by atoms with E-state index in [1.165, 1.54) is 13.0 Å². The van der Waals surface area contributed by atoms with Gasteiger partial charge in [-0.1, -0.05) is 0 Å². The smallest absolute Gasteiger partial charge is 0.221 e. The molecule has 0 saturated carbocycles. The number of nitrogens with two attached hydrogens (primary N) is 1. The molecule has 70 valence electrons. The Labute approximate surface area is 76.4 Å². The van der Waals surface area contributed by atoms with Gasteiger partial charge in [0.15, 0.2) is 0 Å². The van der Waals surface area contributed by atoms with Crippen LogP contribution in [0.5, 0.6) is 5.75 Å². The molecule has 4 N–H and O–H groups in total. The van der Waals surface area contributed by atoms with Crippen LogP contribution in [0, 0.1) is 0 Å². The van der Waals surface area contributed by atoms with E-state index in [0.29, 0.717) is 11.3 Å². The number of carbonyl (C=O) groups is 1. The first kappa shape index (κ1) is 9.54. The van der Waals surface area contributed by atoms with Crippen molar-refractivity contribution in [2.45, 2.75) is 13.5 Å². The first-order valence-electron chi connectivity index (χ1n) is 3.93. The van der Waals surface area contributed by atoms with Crippen LogP contribution in [0.1, 0.15) is 12.5 Å². The molecular formula is C9H12N2O2. The summed E-state index contributed by atoms with van der Waals surface area (Å²) in [6.07, 6.45) is 0. The molecule has 0 fully saturated rings. The molecule has 1 amide bonds. The maximum Gasteiger partial charge on any atom is 0.221 e. The molecule has 0 aromatic heterocycles. The van der Waals surface area contributed by atoms with E-state index in [1.807, 2.05) is 0 Å². The van der Waals surface area contributed by atoms with Gasteiger partial charge in [0.1, 0.15) is 5.75 Å². The van der Waals surface area contributed by atoms with Gasteiger partial charge >= 0.3 is 0 Å². The number of carbonyl (C=O) groups excluding carboxylic acids is 1. The van der Waals surface area contributed by atoms with Gasteiger partial charge < -0.3 is 16.2 Å². The number of hydrogen-bond donors (Lipinski definition) is 3. The van der Waals surface area contributed by atoms with Crippen LogP contribution in [-0.4, -0.2) is 11.0 Å². The van der Waals surface area contributed by atoms with E-state index < -0.39 is 0 Å². The lowest BCUT2D eigenvalue weighted by Crippen LogP contribution is -2.06. The number of anilines is 1. The maximum atomic E-state index is 10.7. The Bertz CT molecular complexity index is 323. The van der Waals surface area contributed by atoms with Gasteiger partial charge in [0.2, 0.25) is 5.91 Å². The summed E-state index contributed by atoms with van der Waals surface area (Å²) in [4.78, 5) is 10.7. The predicted molar refractivity (Wildman–Crippen MR) is 50.3 cm³/mol. The Morgan fingerprint density at radius 3 is 2.85 bits per heavy atom. The number of rotatable bonds is 2. The third kappa shape index (κ3) is 2.45. The molecule has 0 bridgehead atoms. The number of benzene rings is 1. The SMILES string of the molecule is CC(=O)Nc1ccc(O)c(CN)c1. The molecule has 0 unspecified atom stereocenters. The second-order valence-corrected chi connectivity index (χ2v) is 2.73. The molecule has 0 radical (unpaired) electrons. The number of phenolic OH excluding ortho intramolecular Hbond substituents is 1. The van der Waals surface area contributed by atoms with Crippen molar-refractivity contribution in [3.05, 3.63) is 23.8 Å². The molecule has 4 nitrogen and oxygen atoms in total. The lowest BCUT2D eigenvalue weighted by Gasteiger charge is -2.05. The number of hydrogen-bond acceptors (Lipinski definition) is 3. The van der Waals surface area contributed by atoms with Crippen molar-refractivity contribution in [3.8, 4) is 5.75 Å². The van der Waals surface area contributed by atoms with Crippen LogP contribution in [0.25, 0.3) is 0 Å². The van der Waals surface area contributed by atoms with Gasteiger partial charge in [0, 0.05) is 24.7 Å². The molecule has 1 aromatic rings. The topological polar surface area (TPSA) is 75.3 Å². The normalized spacial score (nSPS) is 9.69. The van der Waals surface area contributed by atoms with Crippen LogP contribution in [0.15, 0.2) is 18.2 Å². The largest absolute Gasteiger partial charge is 0.508 e. The van der Waals surface area contributed by atoms with Crippen LogP contribution >= 0.6 is 0 Å². The predicted octanol–water partition coefficient (Wildman–Crippen LogP) is 0.809. The van der Waals surface area contributed by atoms with E-state index in [-0.39, 0.29) is 18.2 Å². The monoisotopic (exact) mass is 180 g/mol. The standard InChI is InChI=1S/C9H12N2O2/c1-6(12)11-8-2-3-9(13)7(4-8)5-10/h2-4,13H,5,10H2,1H3,(H,11,12). The lowest BCUT2D eigenvalue weighted by molar-refractivity contribution is -0.114. The summed E-state index contributed by atoms with van der Waals surface area (Å²) >= 11 is 0. The van der Waals surface area contributed by atoms with Crippen molar-refractivity contribution in [3.63, 3.8) is 0 Å². The molecule has 4 heteroatoms. The summed E-state index contributed by atoms with van der Waals surface area (Å²) in [6, 6.07) is 4.78. The van der Waals surface area contributed by atoms with Crippen LogP contribution in [0.4, 0.5) is 5.69 Å². The second kappa shape index (κ2) is 3.91. The average Bonchev–Trinajstić information content (AvgIpc) is 2.07. The van der Waals surface area contributed by atoms with Gasteiger partial charge in [-0.15, -0.1) is 0 Å². The van der Waals surface area contributed by atoms with Crippen LogP contribution in [-0.2, 0) is 11.3 Å². The molecular weight excluding hydrogens is 168 g/mol. The van der Waals surface area contributed by atoms with Crippen molar-refractivity contribution in [2.24, 2.45) is 5.73 Å². The van der Waals surface area contributed by atoms with Crippen molar-refractivity contribution in [1.82, 2.24) is 0 Å². The number of amides is 1. The highest BCUT2D eigenvalue weighted by Crippen LogP contribution is 2.20. The van der Waals surface area contributed by atoms with Gasteiger partial charge in [-0.2, -0.15) is 0 Å². The van der Waals surface area contributed by atoms with Crippen molar-refractivity contribution < 1.29 is 9.90 Å². The third-order valence-corrected chi connectivity index (χ3v) is 1.62. The molecule has 0 spiro atoms. The fourth-order valence-electron chi connectivity index (χ4n) is 1.03. The van der Waals surface area contributed by atoms with E-state index in [4.69, 9.17) is 5.73 Å². The van der Waals surface area contributed by atoms with Gasteiger partial charge in [0.05, 0.1) is 0 Å². The Morgan fingerprint density at radius 1 is 1.62 bits per heavy atom. The molecule has 0 aliphatic heterocycles. The van der Waals surface area contributed by atoms with Crippen molar-refractivity contribution in [1.29, 1.82) is 0 Å². The van der Waals surface area contributed by atoms with Crippen LogP contribution < -0.4 is 11.1 Å². The summed E-state index contributed by atoms with van der Waals surface area (Å²) in [5.74, 6) is 0.00487. The van der Waals surface area contributed by atoms with Gasteiger partial charge in [-0.05, 0) is 18.2 Å². The highest BCUT2D eigenvalue weighted by Gasteiger charge is 2.01. The van der Waals surface area contributed by atoms with Crippen LogP contribution in [0.2, 0.25) is 0 Å². The first-order valence-corrected chi connectivity index (χ1v) is 3.93. The molecule has 1 rings (SSSR count). The summed E-state index contributed by atoms with van der Waals surface area (Å²) < 4.78 is 0. The number of nitrogens with one attached hydrogen (secondary N) is 1. The van der Waals surface area contributed by atoms with Crippen LogP contribution in [0.3, 0.4) is 0 Å². The van der Waals surface area contributed by atoms with E-state index in [1.54, 1.807) is 12.1 Å². The Balaban J connectivity index is 2.92. The lowest BCUT2D eigenvalue weighted by atomic mass is 10.2. The molecule has 1 aromatic carbocycles. The fourth-order valence-corrected chi connectivity index (χ4v) is 1.03. The molecule has 13 heavy (non-hydrogen) atoms. The average molecular weight is 180 g/mol. The summed E-state index contributed by atoms with van der Waals surface area (Å²) in [6.45, 7) is 1.67. The van der Waals surface area contributed by atoms with E-state index in [2.05, 4.69) is 5.32 Å². The minimum Gasteiger partial charge on any atom is -0.508 e. The zero-order valence-corrected chi connectivity index (χ0v) is 7.37. The minimum atomic E-state index is -0.145. The maximum absolute atomic E-state index is 10.7. The molecule has 0 aliphatic rings. The first-order chi connectivity index (χ1) is 6.13. The van der Waals surface area contributed by atoms with E-state index >= 15 is 0 Å². The Morgan fingerprint density at radius 2 is 2.31 bits per heavy atom. The van der Waals surface area contributed by atoms with E-state index in [0.717, 1.165) is 0 Å². The Kier molecular flexibility index (Phi) is 2.87. The molecule has 0 heterocycles. The fraction of sp³-hybridized carbons (Fsp3) is 0.222. The highest BCUT2D eigenvalue weighted by molar-refractivity contribution is 5.88. The number of aromatic hydroxyl groups is 1. The number of phenols is 1. The Hall–Kier alpha value is -1.55.